The lowest BCUT2D eigenvalue weighted by molar-refractivity contribution is 0.527. The highest BCUT2D eigenvalue weighted by molar-refractivity contribution is 5.75. The Labute approximate surface area is 155 Å². The minimum Gasteiger partial charge on any atom is -0.381 e. The van der Waals surface area contributed by atoms with Crippen molar-refractivity contribution in [2.45, 2.75) is 38.6 Å². The molecular weight excluding hydrogens is 320 g/mol. The number of fused-ring (bicyclic) bond motifs is 1. The van der Waals surface area contributed by atoms with Crippen LogP contribution in [-0.2, 0) is 0 Å². The van der Waals surface area contributed by atoms with E-state index in [-0.39, 0.29) is 0 Å². The zero-order valence-electron chi connectivity index (χ0n) is 15.5. The molecule has 4 heteroatoms. The molecule has 0 amide bonds. The summed E-state index contributed by atoms with van der Waals surface area (Å²) in [6.07, 6.45) is 4.25. The molecule has 0 saturated carbocycles. The predicted molar refractivity (Wildman–Crippen MR) is 109 cm³/mol. The van der Waals surface area contributed by atoms with Gasteiger partial charge in [-0.3, -0.25) is 4.98 Å². The van der Waals surface area contributed by atoms with Gasteiger partial charge in [-0.2, -0.15) is 0 Å². The van der Waals surface area contributed by atoms with Crippen LogP contribution in [0, 0.1) is 0 Å². The van der Waals surface area contributed by atoms with Gasteiger partial charge in [0, 0.05) is 24.8 Å². The summed E-state index contributed by atoms with van der Waals surface area (Å²) in [5, 5.41) is 3.69. The van der Waals surface area contributed by atoms with Gasteiger partial charge in [-0.15, -0.1) is 0 Å². The number of anilines is 2. The first-order valence-corrected chi connectivity index (χ1v) is 9.52. The Morgan fingerprint density at radius 2 is 1.81 bits per heavy atom. The molecule has 1 saturated heterocycles. The van der Waals surface area contributed by atoms with E-state index in [4.69, 9.17) is 4.98 Å². The maximum Gasteiger partial charge on any atom is 0.147 e. The van der Waals surface area contributed by atoms with Crippen molar-refractivity contribution in [3.05, 3.63) is 60.3 Å². The van der Waals surface area contributed by atoms with Crippen LogP contribution in [0.4, 0.5) is 11.5 Å². The lowest BCUT2D eigenvalue weighted by atomic mass is 10.0. The maximum absolute atomic E-state index is 4.81. The summed E-state index contributed by atoms with van der Waals surface area (Å²) < 4.78 is 0. The monoisotopic (exact) mass is 346 g/mol. The molecule has 2 aromatic carbocycles. The predicted octanol–water partition coefficient (Wildman–Crippen LogP) is 4.83. The van der Waals surface area contributed by atoms with Gasteiger partial charge in [0.25, 0.3) is 0 Å². The highest BCUT2D eigenvalue weighted by Gasteiger charge is 2.21. The highest BCUT2D eigenvalue weighted by atomic mass is 15.2. The molecule has 0 aliphatic carbocycles. The standard InChI is InChI=1S/C22H26N4/c1-16(2)17-9-11-18(12-10-17)24-19-6-5-13-26(15-19)22-14-23-20-7-3-4-8-21(20)25-22/h3-4,7-12,14,16,19,24H,5-6,13,15H2,1-2H3/t19-/m1/s1. The Kier molecular flexibility index (Phi) is 4.74. The minimum absolute atomic E-state index is 0.432. The minimum atomic E-state index is 0.432. The molecule has 1 aliphatic rings. The topological polar surface area (TPSA) is 41.0 Å². The number of piperidine rings is 1. The van der Waals surface area contributed by atoms with E-state index in [2.05, 4.69) is 53.3 Å². The zero-order valence-corrected chi connectivity index (χ0v) is 15.5. The fourth-order valence-corrected chi connectivity index (χ4v) is 3.60. The fourth-order valence-electron chi connectivity index (χ4n) is 3.60. The van der Waals surface area contributed by atoms with E-state index in [1.807, 2.05) is 30.5 Å². The van der Waals surface area contributed by atoms with E-state index < -0.39 is 0 Å². The van der Waals surface area contributed by atoms with Gasteiger partial charge in [-0.05, 0) is 48.6 Å². The Balaban J connectivity index is 1.46. The summed E-state index contributed by atoms with van der Waals surface area (Å²) in [6.45, 7) is 6.45. The lowest BCUT2D eigenvalue weighted by Gasteiger charge is -2.34. The van der Waals surface area contributed by atoms with E-state index >= 15 is 0 Å². The first kappa shape index (κ1) is 16.8. The second-order valence-corrected chi connectivity index (χ2v) is 7.42. The fraction of sp³-hybridized carbons (Fsp3) is 0.364. The Morgan fingerprint density at radius 1 is 1.04 bits per heavy atom. The molecule has 2 heterocycles. The first-order chi connectivity index (χ1) is 12.7. The van der Waals surface area contributed by atoms with Crippen molar-refractivity contribution in [3.63, 3.8) is 0 Å². The molecule has 134 valence electrons. The van der Waals surface area contributed by atoms with Gasteiger partial charge < -0.3 is 10.2 Å². The summed E-state index contributed by atoms with van der Waals surface area (Å²) in [4.78, 5) is 11.7. The molecule has 1 atom stereocenters. The summed E-state index contributed by atoms with van der Waals surface area (Å²) in [6, 6.07) is 17.3. The Hall–Kier alpha value is -2.62. The van der Waals surface area contributed by atoms with Crippen LogP contribution in [0.25, 0.3) is 11.0 Å². The number of para-hydroxylation sites is 2. The Morgan fingerprint density at radius 3 is 2.58 bits per heavy atom. The molecule has 1 N–H and O–H groups in total. The van der Waals surface area contributed by atoms with Gasteiger partial charge in [0.15, 0.2) is 0 Å². The Bertz CT molecular complexity index is 873. The average molecular weight is 346 g/mol. The molecule has 0 spiro atoms. The molecule has 4 rings (SSSR count). The van der Waals surface area contributed by atoms with Gasteiger partial charge in [-0.25, -0.2) is 4.98 Å². The van der Waals surface area contributed by atoms with Crippen molar-refractivity contribution in [2.75, 3.05) is 23.3 Å². The van der Waals surface area contributed by atoms with E-state index in [0.29, 0.717) is 12.0 Å². The average Bonchev–Trinajstić information content (AvgIpc) is 2.68. The summed E-state index contributed by atoms with van der Waals surface area (Å²) in [5.41, 5.74) is 4.50. The molecule has 0 unspecified atom stereocenters. The molecular formula is C22H26N4. The quantitative estimate of drug-likeness (QED) is 0.734. The van der Waals surface area contributed by atoms with E-state index in [1.54, 1.807) is 0 Å². The van der Waals surface area contributed by atoms with Crippen LogP contribution in [0.2, 0.25) is 0 Å². The number of benzene rings is 2. The van der Waals surface area contributed by atoms with Gasteiger partial charge in [0.2, 0.25) is 0 Å². The van der Waals surface area contributed by atoms with Gasteiger partial charge in [0.05, 0.1) is 17.2 Å². The second kappa shape index (κ2) is 7.32. The first-order valence-electron chi connectivity index (χ1n) is 9.52. The summed E-state index contributed by atoms with van der Waals surface area (Å²) in [5.74, 6) is 1.55. The molecule has 26 heavy (non-hydrogen) atoms. The van der Waals surface area contributed by atoms with Crippen LogP contribution in [0.1, 0.15) is 38.2 Å². The largest absolute Gasteiger partial charge is 0.381 e. The molecule has 0 radical (unpaired) electrons. The SMILES string of the molecule is CC(C)c1ccc(N[C@@H]2CCCN(c3cnc4ccccc4n3)C2)cc1. The third kappa shape index (κ3) is 3.64. The highest BCUT2D eigenvalue weighted by Crippen LogP contribution is 2.23. The van der Waals surface area contributed by atoms with Crippen molar-refractivity contribution in [1.82, 2.24) is 9.97 Å². The molecule has 0 bridgehead atoms. The van der Waals surface area contributed by atoms with Crippen LogP contribution in [-0.4, -0.2) is 29.1 Å². The lowest BCUT2D eigenvalue weighted by Crippen LogP contribution is -2.42. The molecule has 4 nitrogen and oxygen atoms in total. The normalized spacial score (nSPS) is 17.7. The number of hydrogen-bond acceptors (Lipinski definition) is 4. The van der Waals surface area contributed by atoms with Gasteiger partial charge in [-0.1, -0.05) is 38.1 Å². The zero-order chi connectivity index (χ0) is 17.9. The van der Waals surface area contributed by atoms with Crippen LogP contribution < -0.4 is 10.2 Å². The number of nitrogens with one attached hydrogen (secondary N) is 1. The molecule has 1 aromatic heterocycles. The van der Waals surface area contributed by atoms with Crippen LogP contribution in [0.5, 0.6) is 0 Å². The van der Waals surface area contributed by atoms with Crippen LogP contribution >= 0.6 is 0 Å². The number of rotatable bonds is 4. The van der Waals surface area contributed by atoms with Crippen LogP contribution in [0.15, 0.2) is 54.7 Å². The third-order valence-electron chi connectivity index (χ3n) is 5.13. The smallest absolute Gasteiger partial charge is 0.147 e. The van der Waals surface area contributed by atoms with Crippen LogP contribution in [0.3, 0.4) is 0 Å². The second-order valence-electron chi connectivity index (χ2n) is 7.42. The third-order valence-corrected chi connectivity index (χ3v) is 5.13. The molecule has 1 aliphatic heterocycles. The summed E-state index contributed by atoms with van der Waals surface area (Å²) in [7, 11) is 0. The number of aromatic nitrogens is 2. The maximum atomic E-state index is 4.81. The van der Waals surface area contributed by atoms with Crippen molar-refractivity contribution >= 4 is 22.5 Å². The summed E-state index contributed by atoms with van der Waals surface area (Å²) >= 11 is 0. The van der Waals surface area contributed by atoms with Gasteiger partial charge in [0.1, 0.15) is 5.82 Å². The van der Waals surface area contributed by atoms with Crippen molar-refractivity contribution in [1.29, 1.82) is 0 Å². The van der Waals surface area contributed by atoms with Crippen molar-refractivity contribution in [3.8, 4) is 0 Å². The molecule has 1 fully saturated rings. The van der Waals surface area contributed by atoms with Crippen molar-refractivity contribution < 1.29 is 0 Å². The van der Waals surface area contributed by atoms with Crippen molar-refractivity contribution in [2.24, 2.45) is 0 Å². The number of nitrogens with zero attached hydrogens (tertiary/aromatic N) is 3. The van der Waals surface area contributed by atoms with E-state index in [1.165, 1.54) is 17.7 Å². The van der Waals surface area contributed by atoms with E-state index in [0.717, 1.165) is 36.4 Å². The van der Waals surface area contributed by atoms with E-state index in [9.17, 15) is 0 Å². The molecule has 3 aromatic rings. The number of hydrogen-bond donors (Lipinski definition) is 1. The van der Waals surface area contributed by atoms with Gasteiger partial charge >= 0.3 is 0 Å².